The van der Waals surface area contributed by atoms with Gasteiger partial charge in [0.15, 0.2) is 0 Å². The molecule has 2 rings (SSSR count). The molecule has 0 fully saturated rings. The Hall–Kier alpha value is -1.68. The molecule has 0 saturated carbocycles. The molecule has 0 aliphatic rings. The third-order valence-electron chi connectivity index (χ3n) is 1.88. The number of hydrogen-bond donors (Lipinski definition) is 1. The van der Waals surface area contributed by atoms with Gasteiger partial charge in [0.2, 0.25) is 11.8 Å². The summed E-state index contributed by atoms with van der Waals surface area (Å²) in [4.78, 5) is 0. The normalized spacial score (nSPS) is 10.4. The minimum absolute atomic E-state index is 0.293. The van der Waals surface area contributed by atoms with E-state index in [4.69, 9.17) is 10.2 Å². The van der Waals surface area contributed by atoms with Gasteiger partial charge < -0.3 is 10.2 Å². The van der Waals surface area contributed by atoms with E-state index in [0.717, 1.165) is 5.56 Å². The molecule has 1 aromatic carbocycles. The van der Waals surface area contributed by atoms with Crippen molar-refractivity contribution in [3.63, 3.8) is 0 Å². The first-order chi connectivity index (χ1) is 6.88. The van der Waals surface area contributed by atoms with Gasteiger partial charge in [-0.2, -0.15) is 0 Å². The van der Waals surface area contributed by atoms with Crippen LogP contribution < -0.4 is 5.73 Å². The van der Waals surface area contributed by atoms with Crippen LogP contribution >= 0.6 is 0 Å². The van der Waals surface area contributed by atoms with Gasteiger partial charge in [0.1, 0.15) is 0 Å². The van der Waals surface area contributed by atoms with E-state index in [-0.39, 0.29) is 0 Å². The van der Waals surface area contributed by atoms with Gasteiger partial charge >= 0.3 is 0 Å². The predicted octanol–water partition coefficient (Wildman–Crippen LogP) is 1.12. The van der Waals surface area contributed by atoms with Gasteiger partial charge in [-0.05, 0) is 5.56 Å². The SMILES string of the molecule is NCc1nnc(Cc2ccccc2)o1. The second-order valence-corrected chi connectivity index (χ2v) is 2.96. The third-order valence-corrected chi connectivity index (χ3v) is 1.88. The van der Waals surface area contributed by atoms with Crippen molar-refractivity contribution in [1.29, 1.82) is 0 Å². The molecule has 0 amide bonds. The van der Waals surface area contributed by atoms with Crippen LogP contribution in [-0.4, -0.2) is 10.2 Å². The molecule has 0 spiro atoms. The Bertz CT molecular complexity index is 397. The lowest BCUT2D eigenvalue weighted by atomic mass is 10.2. The van der Waals surface area contributed by atoms with Crippen LogP contribution in [-0.2, 0) is 13.0 Å². The van der Waals surface area contributed by atoms with Crippen LogP contribution in [0.3, 0.4) is 0 Å². The minimum atomic E-state index is 0.293. The highest BCUT2D eigenvalue weighted by molar-refractivity contribution is 5.17. The Morgan fingerprint density at radius 3 is 2.43 bits per heavy atom. The molecule has 0 atom stereocenters. The molecule has 1 heterocycles. The Kier molecular flexibility index (Phi) is 2.55. The highest BCUT2D eigenvalue weighted by Crippen LogP contribution is 2.07. The van der Waals surface area contributed by atoms with E-state index in [9.17, 15) is 0 Å². The molecule has 4 heteroatoms. The zero-order valence-electron chi connectivity index (χ0n) is 7.68. The standard InChI is InChI=1S/C10H11N3O/c11-7-10-13-12-9(14-10)6-8-4-2-1-3-5-8/h1-5H,6-7,11H2. The smallest absolute Gasteiger partial charge is 0.230 e. The van der Waals surface area contributed by atoms with Gasteiger partial charge in [0.25, 0.3) is 0 Å². The largest absolute Gasteiger partial charge is 0.424 e. The third kappa shape index (κ3) is 1.97. The van der Waals surface area contributed by atoms with Crippen molar-refractivity contribution < 1.29 is 4.42 Å². The van der Waals surface area contributed by atoms with E-state index in [1.165, 1.54) is 0 Å². The van der Waals surface area contributed by atoms with Gasteiger partial charge in [-0.1, -0.05) is 30.3 Å². The molecule has 2 N–H and O–H groups in total. The summed E-state index contributed by atoms with van der Waals surface area (Å²) < 4.78 is 5.29. The van der Waals surface area contributed by atoms with E-state index >= 15 is 0 Å². The topological polar surface area (TPSA) is 64.9 Å². The van der Waals surface area contributed by atoms with Crippen molar-refractivity contribution in [2.75, 3.05) is 0 Å². The van der Waals surface area contributed by atoms with Crippen molar-refractivity contribution in [3.05, 3.63) is 47.7 Å². The van der Waals surface area contributed by atoms with Gasteiger partial charge in [0, 0.05) is 0 Å². The number of nitrogens with two attached hydrogens (primary N) is 1. The average Bonchev–Trinajstić information content (AvgIpc) is 2.67. The zero-order chi connectivity index (χ0) is 9.80. The van der Waals surface area contributed by atoms with Crippen molar-refractivity contribution >= 4 is 0 Å². The molecule has 72 valence electrons. The lowest BCUT2D eigenvalue weighted by Crippen LogP contribution is -1.95. The summed E-state index contributed by atoms with van der Waals surface area (Å²) in [5.74, 6) is 1.09. The molecular formula is C10H11N3O. The van der Waals surface area contributed by atoms with Crippen LogP contribution in [0, 0.1) is 0 Å². The van der Waals surface area contributed by atoms with E-state index in [1.54, 1.807) is 0 Å². The number of hydrogen-bond acceptors (Lipinski definition) is 4. The second kappa shape index (κ2) is 4.02. The highest BCUT2D eigenvalue weighted by atomic mass is 16.4. The van der Waals surface area contributed by atoms with E-state index < -0.39 is 0 Å². The Morgan fingerprint density at radius 1 is 1.07 bits per heavy atom. The van der Waals surface area contributed by atoms with Crippen molar-refractivity contribution in [3.8, 4) is 0 Å². The molecule has 0 aliphatic carbocycles. The molecule has 1 aromatic heterocycles. The molecule has 0 aliphatic heterocycles. The van der Waals surface area contributed by atoms with E-state index in [0.29, 0.717) is 24.7 Å². The lowest BCUT2D eigenvalue weighted by molar-refractivity contribution is 0.459. The molecule has 0 radical (unpaired) electrons. The number of benzene rings is 1. The maximum Gasteiger partial charge on any atom is 0.230 e. The van der Waals surface area contributed by atoms with E-state index in [2.05, 4.69) is 10.2 Å². The summed E-state index contributed by atoms with van der Waals surface area (Å²) in [6, 6.07) is 9.98. The summed E-state index contributed by atoms with van der Waals surface area (Å²) in [7, 11) is 0. The van der Waals surface area contributed by atoms with Crippen LogP contribution in [0.4, 0.5) is 0 Å². The van der Waals surface area contributed by atoms with Crippen molar-refractivity contribution in [1.82, 2.24) is 10.2 Å². The minimum Gasteiger partial charge on any atom is -0.424 e. The first-order valence-corrected chi connectivity index (χ1v) is 4.44. The van der Waals surface area contributed by atoms with Crippen molar-refractivity contribution in [2.45, 2.75) is 13.0 Å². The van der Waals surface area contributed by atoms with Gasteiger partial charge in [-0.15, -0.1) is 10.2 Å². The predicted molar refractivity (Wildman–Crippen MR) is 51.4 cm³/mol. The molecule has 0 saturated heterocycles. The van der Waals surface area contributed by atoms with Crippen LogP contribution in [0.2, 0.25) is 0 Å². The molecule has 4 nitrogen and oxygen atoms in total. The summed E-state index contributed by atoms with van der Waals surface area (Å²) in [5.41, 5.74) is 6.51. The van der Waals surface area contributed by atoms with Crippen LogP contribution in [0.15, 0.2) is 34.7 Å². The second-order valence-electron chi connectivity index (χ2n) is 2.96. The monoisotopic (exact) mass is 189 g/mol. The van der Waals surface area contributed by atoms with Gasteiger partial charge in [-0.25, -0.2) is 0 Å². The summed E-state index contributed by atoms with van der Waals surface area (Å²) in [6.07, 6.45) is 0.661. The van der Waals surface area contributed by atoms with Crippen LogP contribution in [0.1, 0.15) is 17.3 Å². The first-order valence-electron chi connectivity index (χ1n) is 4.44. The Balaban J connectivity index is 2.11. The van der Waals surface area contributed by atoms with E-state index in [1.807, 2.05) is 30.3 Å². The van der Waals surface area contributed by atoms with Crippen LogP contribution in [0.25, 0.3) is 0 Å². The molecule has 0 bridgehead atoms. The zero-order valence-corrected chi connectivity index (χ0v) is 7.68. The first kappa shape index (κ1) is 8.90. The van der Waals surface area contributed by atoms with Gasteiger partial charge in [-0.3, -0.25) is 0 Å². The summed E-state index contributed by atoms with van der Waals surface area (Å²) in [6.45, 7) is 0.293. The maximum atomic E-state index is 5.36. The number of aromatic nitrogens is 2. The maximum absolute atomic E-state index is 5.36. The van der Waals surface area contributed by atoms with Crippen molar-refractivity contribution in [2.24, 2.45) is 5.73 Å². The highest BCUT2D eigenvalue weighted by Gasteiger charge is 2.04. The molecule has 14 heavy (non-hydrogen) atoms. The summed E-state index contributed by atoms with van der Waals surface area (Å²) in [5, 5.41) is 7.67. The molecule has 0 unspecified atom stereocenters. The number of rotatable bonds is 3. The fourth-order valence-corrected chi connectivity index (χ4v) is 1.21. The van der Waals surface area contributed by atoms with Gasteiger partial charge in [0.05, 0.1) is 13.0 Å². The number of nitrogens with zero attached hydrogens (tertiary/aromatic N) is 2. The Morgan fingerprint density at radius 2 is 1.79 bits per heavy atom. The lowest BCUT2D eigenvalue weighted by Gasteiger charge is -1.94. The molecule has 2 aromatic rings. The quantitative estimate of drug-likeness (QED) is 0.785. The van der Waals surface area contributed by atoms with Crippen LogP contribution in [0.5, 0.6) is 0 Å². The fourth-order valence-electron chi connectivity index (χ4n) is 1.21. The average molecular weight is 189 g/mol. The summed E-state index contributed by atoms with van der Waals surface area (Å²) >= 11 is 0. The fraction of sp³-hybridized carbons (Fsp3) is 0.200. The molecular weight excluding hydrogens is 178 g/mol. The Labute approximate surface area is 81.8 Å².